The summed E-state index contributed by atoms with van der Waals surface area (Å²) in [6.07, 6.45) is 0.348. The van der Waals surface area contributed by atoms with E-state index < -0.39 is 0 Å². The smallest absolute Gasteiger partial charge is 0.224 e. The van der Waals surface area contributed by atoms with E-state index in [4.69, 9.17) is 0 Å². The normalized spacial score (nSPS) is 20.0. The van der Waals surface area contributed by atoms with Crippen LogP contribution in [0.2, 0.25) is 0 Å². The second-order valence-electron chi connectivity index (χ2n) is 6.72. The lowest BCUT2D eigenvalue weighted by Crippen LogP contribution is -2.49. The highest BCUT2D eigenvalue weighted by Gasteiger charge is 2.33. The lowest BCUT2D eigenvalue weighted by molar-refractivity contribution is -0.134. The molecule has 1 amide bonds. The third-order valence-corrected chi connectivity index (χ3v) is 4.73. The van der Waals surface area contributed by atoms with Crippen LogP contribution in [0, 0.1) is 11.7 Å². The van der Waals surface area contributed by atoms with Gasteiger partial charge in [-0.3, -0.25) is 9.69 Å². The molecular formula is C18H27FN2O3. The summed E-state index contributed by atoms with van der Waals surface area (Å²) in [5, 5.41) is 18.9. The van der Waals surface area contributed by atoms with Crippen LogP contribution in [-0.2, 0) is 11.3 Å². The number of hydrogen-bond donors (Lipinski definition) is 2. The van der Waals surface area contributed by atoms with E-state index in [-0.39, 0.29) is 42.9 Å². The summed E-state index contributed by atoms with van der Waals surface area (Å²) in [5.41, 5.74) is 0.893. The van der Waals surface area contributed by atoms with Crippen LogP contribution in [0.15, 0.2) is 24.3 Å². The summed E-state index contributed by atoms with van der Waals surface area (Å²) in [4.78, 5) is 16.5. The Hall–Kier alpha value is -1.50. The van der Waals surface area contributed by atoms with E-state index in [2.05, 4.69) is 13.8 Å². The third-order valence-electron chi connectivity index (χ3n) is 4.73. The molecule has 2 rings (SSSR count). The predicted molar refractivity (Wildman–Crippen MR) is 89.7 cm³/mol. The van der Waals surface area contributed by atoms with Gasteiger partial charge in [-0.15, -0.1) is 0 Å². The monoisotopic (exact) mass is 338 g/mol. The minimum atomic E-state index is -0.343. The number of aliphatic hydroxyl groups is 2. The van der Waals surface area contributed by atoms with Crippen molar-refractivity contribution in [1.29, 1.82) is 0 Å². The fraction of sp³-hybridized carbons (Fsp3) is 0.611. The fourth-order valence-electron chi connectivity index (χ4n) is 3.18. The molecule has 0 spiro atoms. The van der Waals surface area contributed by atoms with Crippen molar-refractivity contribution < 1.29 is 19.4 Å². The topological polar surface area (TPSA) is 64.0 Å². The average Bonchev–Trinajstić information content (AvgIpc) is 2.72. The first-order chi connectivity index (χ1) is 11.5. The molecule has 2 N–H and O–H groups in total. The molecule has 0 saturated carbocycles. The number of nitrogens with zero attached hydrogens (tertiary/aromatic N) is 2. The standard InChI is InChI=1S/C18H27FN2O3/c1-13(2)17-10-20(16(11-22)12-23)8-7-18(24)21(17)9-14-3-5-15(19)6-4-14/h3-6,13,16-17,22-23H,7-12H2,1-2H3/t17-/m0/s1. The molecule has 24 heavy (non-hydrogen) atoms. The SMILES string of the molecule is CC(C)[C@@H]1CN(C(CO)CO)CCC(=O)N1Cc1ccc(F)cc1. The van der Waals surface area contributed by atoms with E-state index in [1.54, 1.807) is 12.1 Å². The first-order valence-electron chi connectivity index (χ1n) is 8.46. The van der Waals surface area contributed by atoms with E-state index >= 15 is 0 Å². The Morgan fingerprint density at radius 2 is 1.83 bits per heavy atom. The van der Waals surface area contributed by atoms with Gasteiger partial charge in [-0.05, 0) is 23.6 Å². The molecule has 1 saturated heterocycles. The van der Waals surface area contributed by atoms with E-state index in [1.807, 2.05) is 9.80 Å². The van der Waals surface area contributed by atoms with Crippen LogP contribution in [0.4, 0.5) is 4.39 Å². The Morgan fingerprint density at radius 3 is 2.38 bits per heavy atom. The maximum absolute atomic E-state index is 13.1. The van der Waals surface area contributed by atoms with Crippen molar-refractivity contribution in [3.05, 3.63) is 35.6 Å². The highest BCUT2D eigenvalue weighted by molar-refractivity contribution is 5.77. The zero-order valence-electron chi connectivity index (χ0n) is 14.4. The van der Waals surface area contributed by atoms with Crippen molar-refractivity contribution in [2.75, 3.05) is 26.3 Å². The molecule has 0 unspecified atom stereocenters. The highest BCUT2D eigenvalue weighted by Crippen LogP contribution is 2.22. The number of hydrogen-bond acceptors (Lipinski definition) is 4. The van der Waals surface area contributed by atoms with Gasteiger partial charge in [-0.2, -0.15) is 0 Å². The summed E-state index contributed by atoms with van der Waals surface area (Å²) >= 11 is 0. The molecule has 1 heterocycles. The van der Waals surface area contributed by atoms with Gasteiger partial charge in [0.05, 0.1) is 19.3 Å². The lowest BCUT2D eigenvalue weighted by atomic mass is 10.0. The van der Waals surface area contributed by atoms with Gasteiger partial charge in [-0.25, -0.2) is 4.39 Å². The molecule has 1 aliphatic rings. The van der Waals surface area contributed by atoms with Crippen LogP contribution in [0.25, 0.3) is 0 Å². The Kier molecular flexibility index (Phi) is 6.71. The first kappa shape index (κ1) is 18.8. The van der Waals surface area contributed by atoms with E-state index in [1.165, 1.54) is 12.1 Å². The summed E-state index contributed by atoms with van der Waals surface area (Å²) in [7, 11) is 0. The number of halogens is 1. The second kappa shape index (κ2) is 8.55. The molecule has 134 valence electrons. The van der Waals surface area contributed by atoms with Crippen molar-refractivity contribution in [3.63, 3.8) is 0 Å². The van der Waals surface area contributed by atoms with Crippen LogP contribution in [-0.4, -0.2) is 64.3 Å². The molecule has 0 aromatic heterocycles. The average molecular weight is 338 g/mol. The Balaban J connectivity index is 2.21. The number of aliphatic hydroxyl groups excluding tert-OH is 2. The second-order valence-corrected chi connectivity index (χ2v) is 6.72. The van der Waals surface area contributed by atoms with E-state index in [0.717, 1.165) is 5.56 Å². The van der Waals surface area contributed by atoms with Gasteiger partial charge in [0.25, 0.3) is 0 Å². The van der Waals surface area contributed by atoms with Crippen LogP contribution in [0.3, 0.4) is 0 Å². The predicted octanol–water partition coefficient (Wildman–Crippen LogP) is 1.24. The maximum atomic E-state index is 13.1. The van der Waals surface area contributed by atoms with Gasteiger partial charge in [0.2, 0.25) is 5.91 Å². The van der Waals surface area contributed by atoms with Crippen LogP contribution < -0.4 is 0 Å². The fourth-order valence-corrected chi connectivity index (χ4v) is 3.18. The third kappa shape index (κ3) is 4.53. The largest absolute Gasteiger partial charge is 0.395 e. The van der Waals surface area contributed by atoms with Gasteiger partial charge in [0.15, 0.2) is 0 Å². The molecule has 0 aliphatic carbocycles. The molecular weight excluding hydrogens is 311 g/mol. The van der Waals surface area contributed by atoms with Crippen LogP contribution >= 0.6 is 0 Å². The number of benzene rings is 1. The zero-order valence-corrected chi connectivity index (χ0v) is 14.4. The van der Waals surface area contributed by atoms with E-state index in [9.17, 15) is 19.4 Å². The van der Waals surface area contributed by atoms with Gasteiger partial charge in [-0.1, -0.05) is 26.0 Å². The molecule has 6 heteroatoms. The number of rotatable bonds is 6. The Morgan fingerprint density at radius 1 is 1.21 bits per heavy atom. The van der Waals surface area contributed by atoms with Gasteiger partial charge < -0.3 is 15.1 Å². The minimum Gasteiger partial charge on any atom is -0.395 e. The number of carbonyl (C=O) groups excluding carboxylic acids is 1. The molecule has 1 aliphatic heterocycles. The molecule has 1 fully saturated rings. The van der Waals surface area contributed by atoms with Crippen LogP contribution in [0.5, 0.6) is 0 Å². The number of carbonyl (C=O) groups is 1. The van der Waals surface area contributed by atoms with Crippen LogP contribution in [0.1, 0.15) is 25.8 Å². The molecule has 0 bridgehead atoms. The van der Waals surface area contributed by atoms with Gasteiger partial charge >= 0.3 is 0 Å². The quantitative estimate of drug-likeness (QED) is 0.819. The molecule has 1 aromatic rings. The van der Waals surface area contributed by atoms with Gasteiger partial charge in [0.1, 0.15) is 5.82 Å². The van der Waals surface area contributed by atoms with Gasteiger partial charge in [0, 0.05) is 32.1 Å². The van der Waals surface area contributed by atoms with Crippen molar-refractivity contribution >= 4 is 5.91 Å². The Labute approximate surface area is 142 Å². The van der Waals surface area contributed by atoms with Crippen molar-refractivity contribution in [1.82, 2.24) is 9.80 Å². The maximum Gasteiger partial charge on any atom is 0.224 e. The summed E-state index contributed by atoms with van der Waals surface area (Å²) in [5.74, 6) is -0.00977. The molecule has 1 aromatic carbocycles. The van der Waals surface area contributed by atoms with Crippen molar-refractivity contribution in [2.24, 2.45) is 5.92 Å². The minimum absolute atomic E-state index is 0.0225. The summed E-state index contributed by atoms with van der Waals surface area (Å²) < 4.78 is 13.1. The molecule has 1 atom stereocenters. The summed E-state index contributed by atoms with van der Waals surface area (Å²) in [6, 6.07) is 5.85. The highest BCUT2D eigenvalue weighted by atomic mass is 19.1. The molecule has 5 nitrogen and oxygen atoms in total. The number of amides is 1. The zero-order chi connectivity index (χ0) is 17.7. The first-order valence-corrected chi connectivity index (χ1v) is 8.46. The van der Waals surface area contributed by atoms with E-state index in [0.29, 0.717) is 26.1 Å². The van der Waals surface area contributed by atoms with Crippen molar-refractivity contribution in [3.8, 4) is 0 Å². The summed E-state index contributed by atoms with van der Waals surface area (Å²) in [6.45, 7) is 5.43. The van der Waals surface area contributed by atoms with Crippen molar-refractivity contribution in [2.45, 2.75) is 38.9 Å². The Bertz CT molecular complexity index is 532. The molecule has 0 radical (unpaired) electrons. The lowest BCUT2D eigenvalue weighted by Gasteiger charge is -2.36.